The monoisotopic (exact) mass is 226 g/mol. The maximum atomic E-state index is 11.2. The van der Waals surface area contributed by atoms with Gasteiger partial charge in [0.05, 0.1) is 17.0 Å². The fourth-order valence-electron chi connectivity index (χ4n) is 1.07. The van der Waals surface area contributed by atoms with Gasteiger partial charge in [0.1, 0.15) is 5.56 Å². The molecule has 1 aromatic rings. The summed E-state index contributed by atoms with van der Waals surface area (Å²) in [4.78, 5) is 30.6. The Morgan fingerprint density at radius 3 is 2.31 bits per heavy atom. The Kier molecular flexibility index (Phi) is 3.14. The predicted molar refractivity (Wildman–Crippen MR) is 51.1 cm³/mol. The van der Waals surface area contributed by atoms with Crippen molar-refractivity contribution in [3.8, 4) is 0 Å². The molecule has 0 aliphatic heterocycles. The van der Waals surface area contributed by atoms with E-state index in [0.717, 1.165) is 25.3 Å². The molecule has 0 heterocycles. The third-order valence-electron chi connectivity index (χ3n) is 1.79. The highest BCUT2D eigenvalue weighted by Crippen LogP contribution is 2.24. The molecule has 1 rings (SSSR count). The van der Waals surface area contributed by atoms with E-state index in [-0.39, 0.29) is 0 Å². The van der Waals surface area contributed by atoms with Crippen LogP contribution >= 0.6 is 0 Å². The van der Waals surface area contributed by atoms with Crippen LogP contribution in [-0.2, 0) is 4.74 Å². The summed E-state index contributed by atoms with van der Waals surface area (Å²) in [5.41, 5.74) is -1.38. The lowest BCUT2D eigenvalue weighted by Crippen LogP contribution is -2.06. The van der Waals surface area contributed by atoms with E-state index in [9.17, 15) is 25.0 Å². The van der Waals surface area contributed by atoms with Gasteiger partial charge < -0.3 is 4.74 Å². The third-order valence-corrected chi connectivity index (χ3v) is 1.79. The summed E-state index contributed by atoms with van der Waals surface area (Å²) in [5, 5.41) is 21.0. The van der Waals surface area contributed by atoms with Crippen LogP contribution in [0.4, 0.5) is 11.4 Å². The molecule has 1 aromatic carbocycles. The van der Waals surface area contributed by atoms with Crippen molar-refractivity contribution in [2.45, 2.75) is 0 Å². The molecule has 0 aliphatic rings. The Hall–Kier alpha value is -2.51. The van der Waals surface area contributed by atoms with Gasteiger partial charge in [-0.3, -0.25) is 20.2 Å². The van der Waals surface area contributed by atoms with Crippen molar-refractivity contribution < 1.29 is 19.4 Å². The first kappa shape index (κ1) is 11.6. The Balaban J connectivity index is 3.38. The maximum Gasteiger partial charge on any atom is 0.345 e. The van der Waals surface area contributed by atoms with Crippen LogP contribution in [-0.4, -0.2) is 22.9 Å². The second kappa shape index (κ2) is 4.34. The summed E-state index contributed by atoms with van der Waals surface area (Å²) in [5.74, 6) is -0.990. The fourth-order valence-corrected chi connectivity index (χ4v) is 1.07. The van der Waals surface area contributed by atoms with Crippen LogP contribution in [0.15, 0.2) is 18.2 Å². The first-order chi connectivity index (χ1) is 7.47. The van der Waals surface area contributed by atoms with E-state index in [2.05, 4.69) is 4.74 Å². The predicted octanol–water partition coefficient (Wildman–Crippen LogP) is 1.29. The zero-order chi connectivity index (χ0) is 12.3. The smallest absolute Gasteiger partial charge is 0.345 e. The van der Waals surface area contributed by atoms with Crippen molar-refractivity contribution >= 4 is 17.3 Å². The molecule has 0 bridgehead atoms. The highest BCUT2D eigenvalue weighted by Gasteiger charge is 2.24. The molecule has 16 heavy (non-hydrogen) atoms. The molecule has 8 heteroatoms. The van der Waals surface area contributed by atoms with Gasteiger partial charge in [-0.1, -0.05) is 0 Å². The summed E-state index contributed by atoms with van der Waals surface area (Å²) in [7, 11) is 1.03. The van der Waals surface area contributed by atoms with Crippen molar-refractivity contribution in [2.24, 2.45) is 0 Å². The van der Waals surface area contributed by atoms with Gasteiger partial charge in [-0.15, -0.1) is 0 Å². The van der Waals surface area contributed by atoms with Crippen molar-refractivity contribution in [1.82, 2.24) is 0 Å². The third kappa shape index (κ3) is 2.11. The normalized spacial score (nSPS) is 9.56. The molecule has 0 unspecified atom stereocenters. The van der Waals surface area contributed by atoms with Crippen molar-refractivity contribution in [2.75, 3.05) is 7.11 Å². The lowest BCUT2D eigenvalue weighted by Gasteiger charge is -2.00. The minimum absolute atomic E-state index is 0.411. The molecule has 0 radical (unpaired) electrons. The van der Waals surface area contributed by atoms with Gasteiger partial charge in [0.2, 0.25) is 0 Å². The van der Waals surface area contributed by atoms with Gasteiger partial charge in [-0.05, 0) is 0 Å². The van der Waals surface area contributed by atoms with Crippen LogP contribution in [0.25, 0.3) is 0 Å². The molecular weight excluding hydrogens is 220 g/mol. The van der Waals surface area contributed by atoms with Crippen LogP contribution in [0.5, 0.6) is 0 Å². The Labute approximate surface area is 88.7 Å². The van der Waals surface area contributed by atoms with E-state index >= 15 is 0 Å². The van der Waals surface area contributed by atoms with Crippen molar-refractivity contribution in [3.63, 3.8) is 0 Å². The molecule has 0 N–H and O–H groups in total. The largest absolute Gasteiger partial charge is 0.465 e. The van der Waals surface area contributed by atoms with E-state index in [1.54, 1.807) is 0 Å². The fraction of sp³-hybridized carbons (Fsp3) is 0.125. The molecule has 0 atom stereocenters. The highest BCUT2D eigenvalue weighted by atomic mass is 16.6. The number of nitrogens with zero attached hydrogens (tertiary/aromatic N) is 2. The van der Waals surface area contributed by atoms with Crippen LogP contribution < -0.4 is 0 Å². The number of methoxy groups -OCH3 is 1. The number of hydrogen-bond donors (Lipinski definition) is 0. The molecule has 0 saturated carbocycles. The minimum atomic E-state index is -0.990. The van der Waals surface area contributed by atoms with E-state index in [0.29, 0.717) is 0 Å². The quantitative estimate of drug-likeness (QED) is 0.436. The minimum Gasteiger partial charge on any atom is -0.465 e. The SMILES string of the molecule is COC(=O)c1cc([N+](=O)[O-])ccc1[N+](=O)[O-]. The van der Waals surface area contributed by atoms with E-state index in [4.69, 9.17) is 0 Å². The molecular formula is C8H6N2O6. The number of ether oxygens (including phenoxy) is 1. The zero-order valence-electron chi connectivity index (χ0n) is 8.08. The Bertz CT molecular complexity index is 470. The van der Waals surface area contributed by atoms with Crippen LogP contribution in [0.3, 0.4) is 0 Å². The molecule has 0 aromatic heterocycles. The number of hydrogen-bond acceptors (Lipinski definition) is 6. The standard InChI is InChI=1S/C8H6N2O6/c1-16-8(11)6-4-5(9(12)13)2-3-7(6)10(14)15/h2-4H,1H3. The van der Waals surface area contributed by atoms with Crippen molar-refractivity contribution in [3.05, 3.63) is 44.0 Å². The lowest BCUT2D eigenvalue weighted by atomic mass is 10.1. The van der Waals surface area contributed by atoms with Gasteiger partial charge in [0.25, 0.3) is 11.4 Å². The molecule has 0 saturated heterocycles. The summed E-state index contributed by atoms with van der Waals surface area (Å²) < 4.78 is 4.30. The average Bonchev–Trinajstić information content (AvgIpc) is 2.26. The summed E-state index contributed by atoms with van der Waals surface area (Å²) in [6.07, 6.45) is 0. The highest BCUT2D eigenvalue weighted by molar-refractivity contribution is 5.94. The van der Waals surface area contributed by atoms with E-state index < -0.39 is 32.8 Å². The number of benzene rings is 1. The number of rotatable bonds is 3. The first-order valence-electron chi connectivity index (χ1n) is 3.98. The number of carbonyl (C=O) groups excluding carboxylic acids is 1. The molecule has 8 nitrogen and oxygen atoms in total. The van der Waals surface area contributed by atoms with Gasteiger partial charge in [0, 0.05) is 18.2 Å². The number of non-ortho nitro benzene ring substituents is 1. The van der Waals surface area contributed by atoms with Crippen molar-refractivity contribution in [1.29, 1.82) is 0 Å². The molecule has 0 fully saturated rings. The van der Waals surface area contributed by atoms with Gasteiger partial charge in [-0.25, -0.2) is 4.79 Å². The van der Waals surface area contributed by atoms with Crippen LogP contribution in [0.1, 0.15) is 10.4 Å². The summed E-state index contributed by atoms with van der Waals surface area (Å²) >= 11 is 0. The van der Waals surface area contributed by atoms with E-state index in [1.165, 1.54) is 0 Å². The average molecular weight is 226 g/mol. The van der Waals surface area contributed by atoms with Gasteiger partial charge >= 0.3 is 5.97 Å². The van der Waals surface area contributed by atoms with E-state index in [1.807, 2.05) is 0 Å². The van der Waals surface area contributed by atoms with Crippen LogP contribution in [0.2, 0.25) is 0 Å². The second-order valence-corrected chi connectivity index (χ2v) is 2.71. The second-order valence-electron chi connectivity index (χ2n) is 2.71. The number of carbonyl (C=O) groups is 1. The topological polar surface area (TPSA) is 113 Å². The van der Waals surface area contributed by atoms with Gasteiger partial charge in [0.15, 0.2) is 0 Å². The Morgan fingerprint density at radius 2 is 1.88 bits per heavy atom. The summed E-state index contributed by atoms with van der Waals surface area (Å²) in [6.45, 7) is 0. The zero-order valence-corrected chi connectivity index (χ0v) is 8.08. The van der Waals surface area contributed by atoms with Gasteiger partial charge in [-0.2, -0.15) is 0 Å². The van der Waals surface area contributed by atoms with Crippen LogP contribution in [0, 0.1) is 20.2 Å². The maximum absolute atomic E-state index is 11.2. The first-order valence-corrected chi connectivity index (χ1v) is 3.98. The molecule has 0 spiro atoms. The number of nitro benzene ring substituents is 2. The Morgan fingerprint density at radius 1 is 1.25 bits per heavy atom. The lowest BCUT2D eigenvalue weighted by molar-refractivity contribution is -0.389. The molecule has 0 aliphatic carbocycles. The molecule has 0 amide bonds. The number of esters is 1. The molecule has 84 valence electrons. The number of nitro groups is 2. The summed E-state index contributed by atoms with van der Waals surface area (Å²) in [6, 6.07) is 2.65.